The quantitative estimate of drug-likeness (QED) is 0.730. The minimum Gasteiger partial charge on any atom is -0.507 e. The average molecular weight is 314 g/mol. The van der Waals surface area contributed by atoms with Gasteiger partial charge in [-0.05, 0) is 25.5 Å². The van der Waals surface area contributed by atoms with Crippen molar-refractivity contribution < 1.29 is 29.0 Å². The van der Waals surface area contributed by atoms with Gasteiger partial charge in [0.15, 0.2) is 17.7 Å². The SMILES string of the molecule is Cc1ccc(O)c2c1C(=O)C1=C(C2=O)[C@H]2OC(=O)C[C@H]2O[C@@H]1C. The normalized spacial score (nSPS) is 29.1. The molecule has 0 saturated carbocycles. The minimum absolute atomic E-state index is 0.00968. The fourth-order valence-electron chi connectivity index (χ4n) is 3.65. The Labute approximate surface area is 131 Å². The summed E-state index contributed by atoms with van der Waals surface area (Å²) in [6.07, 6.45) is -1.99. The first-order valence-corrected chi connectivity index (χ1v) is 7.41. The van der Waals surface area contributed by atoms with Gasteiger partial charge in [-0.15, -0.1) is 0 Å². The number of phenolic OH excluding ortho intramolecular Hbond substituents is 1. The van der Waals surface area contributed by atoms with Crippen molar-refractivity contribution in [1.82, 2.24) is 0 Å². The molecule has 2 aliphatic heterocycles. The maximum absolute atomic E-state index is 12.9. The number of Topliss-reactive ketones (excluding diaryl/α,β-unsaturated/α-hetero) is 2. The van der Waals surface area contributed by atoms with Crippen LogP contribution < -0.4 is 0 Å². The molecule has 1 aromatic carbocycles. The van der Waals surface area contributed by atoms with Crippen molar-refractivity contribution in [2.45, 2.75) is 38.6 Å². The number of esters is 1. The summed E-state index contributed by atoms with van der Waals surface area (Å²) in [5.74, 6) is -1.51. The summed E-state index contributed by atoms with van der Waals surface area (Å²) >= 11 is 0. The number of carbonyl (C=O) groups excluding carboxylic acids is 3. The van der Waals surface area contributed by atoms with E-state index in [1.54, 1.807) is 19.9 Å². The lowest BCUT2D eigenvalue weighted by Crippen LogP contribution is -2.44. The van der Waals surface area contributed by atoms with Gasteiger partial charge < -0.3 is 14.6 Å². The fraction of sp³-hybridized carbons (Fsp3) is 0.353. The molecule has 0 amide bonds. The number of phenols is 1. The topological polar surface area (TPSA) is 89.9 Å². The van der Waals surface area contributed by atoms with Crippen LogP contribution >= 0.6 is 0 Å². The van der Waals surface area contributed by atoms with E-state index in [1.165, 1.54) is 6.07 Å². The smallest absolute Gasteiger partial charge is 0.309 e. The van der Waals surface area contributed by atoms with Gasteiger partial charge in [0.2, 0.25) is 0 Å². The van der Waals surface area contributed by atoms with Crippen LogP contribution in [-0.2, 0) is 14.3 Å². The van der Waals surface area contributed by atoms with E-state index >= 15 is 0 Å². The summed E-state index contributed by atoms with van der Waals surface area (Å²) in [7, 11) is 0. The van der Waals surface area contributed by atoms with Gasteiger partial charge in [0.1, 0.15) is 11.9 Å². The van der Waals surface area contributed by atoms with E-state index in [0.717, 1.165) is 0 Å². The molecule has 0 bridgehead atoms. The third kappa shape index (κ3) is 1.75. The van der Waals surface area contributed by atoms with Crippen LogP contribution in [0.25, 0.3) is 0 Å². The van der Waals surface area contributed by atoms with E-state index in [9.17, 15) is 19.5 Å². The highest BCUT2D eigenvalue weighted by Crippen LogP contribution is 2.43. The number of ketones is 2. The molecular weight excluding hydrogens is 300 g/mol. The van der Waals surface area contributed by atoms with E-state index in [0.29, 0.717) is 5.56 Å². The standard InChI is InChI=1S/C17H14O6/c1-6-3-4-8(18)13-11(6)15(20)12-7(2)22-9-5-10(19)23-17(9)14(12)16(13)21/h3-4,7,9,17-18H,5H2,1-2H3/t7-,9-,17+/m1/s1. The van der Waals surface area contributed by atoms with Crippen LogP contribution in [0.5, 0.6) is 5.75 Å². The van der Waals surface area contributed by atoms with Gasteiger partial charge in [0.05, 0.1) is 23.7 Å². The van der Waals surface area contributed by atoms with Gasteiger partial charge >= 0.3 is 5.97 Å². The zero-order valence-corrected chi connectivity index (χ0v) is 12.6. The van der Waals surface area contributed by atoms with Crippen molar-refractivity contribution >= 4 is 17.5 Å². The zero-order chi connectivity index (χ0) is 16.5. The van der Waals surface area contributed by atoms with Gasteiger partial charge in [0.25, 0.3) is 0 Å². The third-order valence-corrected chi connectivity index (χ3v) is 4.66. The molecule has 0 aromatic heterocycles. The lowest BCUT2D eigenvalue weighted by molar-refractivity contribution is -0.140. The maximum Gasteiger partial charge on any atom is 0.309 e. The molecule has 6 heteroatoms. The second-order valence-electron chi connectivity index (χ2n) is 6.07. The molecule has 118 valence electrons. The summed E-state index contributed by atoms with van der Waals surface area (Å²) in [5, 5.41) is 10.1. The Hall–Kier alpha value is -2.47. The van der Waals surface area contributed by atoms with Gasteiger partial charge in [-0.25, -0.2) is 0 Å². The Balaban J connectivity index is 1.98. The van der Waals surface area contributed by atoms with Gasteiger partial charge in [-0.1, -0.05) is 6.07 Å². The molecule has 3 aliphatic rings. The van der Waals surface area contributed by atoms with Crippen LogP contribution in [0.3, 0.4) is 0 Å². The summed E-state index contributed by atoms with van der Waals surface area (Å²) in [6.45, 7) is 3.39. The number of benzene rings is 1. The van der Waals surface area contributed by atoms with Crippen molar-refractivity contribution in [1.29, 1.82) is 0 Å². The molecule has 1 fully saturated rings. The molecule has 2 heterocycles. The Bertz CT molecular complexity index is 819. The monoisotopic (exact) mass is 314 g/mol. The maximum atomic E-state index is 12.9. The first-order chi connectivity index (χ1) is 10.9. The Morgan fingerprint density at radius 1 is 1.09 bits per heavy atom. The predicted molar refractivity (Wildman–Crippen MR) is 77.4 cm³/mol. The average Bonchev–Trinajstić information content (AvgIpc) is 2.85. The van der Waals surface area contributed by atoms with Crippen LogP contribution in [-0.4, -0.2) is 41.0 Å². The number of fused-ring (bicyclic) bond motifs is 3. The minimum atomic E-state index is -0.877. The molecule has 1 aromatic rings. The fourth-order valence-corrected chi connectivity index (χ4v) is 3.65. The van der Waals surface area contributed by atoms with Crippen LogP contribution in [0.1, 0.15) is 39.6 Å². The lowest BCUT2D eigenvalue weighted by Gasteiger charge is -2.35. The molecule has 23 heavy (non-hydrogen) atoms. The summed E-state index contributed by atoms with van der Waals surface area (Å²) in [5.41, 5.74) is 1.18. The highest BCUT2D eigenvalue weighted by atomic mass is 16.6. The van der Waals surface area contributed by atoms with Crippen molar-refractivity contribution in [3.8, 4) is 5.75 Å². The van der Waals surface area contributed by atoms with E-state index in [-0.39, 0.29) is 40.2 Å². The van der Waals surface area contributed by atoms with Crippen LogP contribution in [0.4, 0.5) is 0 Å². The summed E-state index contributed by atoms with van der Waals surface area (Å²) in [4.78, 5) is 37.4. The van der Waals surface area contributed by atoms with Crippen LogP contribution in [0.15, 0.2) is 23.3 Å². The molecule has 6 nitrogen and oxygen atoms in total. The number of hydrogen-bond donors (Lipinski definition) is 1. The number of aryl methyl sites for hydroxylation is 1. The molecule has 1 aliphatic carbocycles. The highest BCUT2D eigenvalue weighted by molar-refractivity contribution is 6.29. The molecule has 0 spiro atoms. The van der Waals surface area contributed by atoms with Gasteiger partial charge in [-0.2, -0.15) is 0 Å². The molecule has 1 N–H and O–H groups in total. The molecular formula is C17H14O6. The van der Waals surface area contributed by atoms with Gasteiger partial charge in [0, 0.05) is 11.1 Å². The number of ether oxygens (including phenoxy) is 2. The zero-order valence-electron chi connectivity index (χ0n) is 12.6. The van der Waals surface area contributed by atoms with Crippen molar-refractivity contribution in [2.75, 3.05) is 0 Å². The van der Waals surface area contributed by atoms with Crippen LogP contribution in [0.2, 0.25) is 0 Å². The number of carbonyl (C=O) groups is 3. The Morgan fingerprint density at radius 2 is 1.78 bits per heavy atom. The largest absolute Gasteiger partial charge is 0.507 e. The molecule has 0 radical (unpaired) electrons. The van der Waals surface area contributed by atoms with Crippen molar-refractivity contribution in [3.05, 3.63) is 40.0 Å². The first-order valence-electron chi connectivity index (χ1n) is 7.41. The summed E-state index contributed by atoms with van der Waals surface area (Å²) in [6, 6.07) is 2.99. The first kappa shape index (κ1) is 14.1. The van der Waals surface area contributed by atoms with Crippen molar-refractivity contribution in [3.63, 3.8) is 0 Å². The highest BCUT2D eigenvalue weighted by Gasteiger charge is 2.51. The van der Waals surface area contributed by atoms with E-state index in [2.05, 4.69) is 0 Å². The second kappa shape index (κ2) is 4.52. The molecule has 3 atom stereocenters. The third-order valence-electron chi connectivity index (χ3n) is 4.66. The lowest BCUT2D eigenvalue weighted by atomic mass is 9.76. The Kier molecular flexibility index (Phi) is 2.78. The molecule has 1 saturated heterocycles. The summed E-state index contributed by atoms with van der Waals surface area (Å²) < 4.78 is 10.9. The Morgan fingerprint density at radius 3 is 2.52 bits per heavy atom. The number of hydrogen-bond acceptors (Lipinski definition) is 6. The van der Waals surface area contributed by atoms with E-state index in [1.807, 2.05) is 0 Å². The van der Waals surface area contributed by atoms with Crippen molar-refractivity contribution in [2.24, 2.45) is 0 Å². The predicted octanol–water partition coefficient (Wildman–Crippen LogP) is 1.48. The van der Waals surface area contributed by atoms with E-state index < -0.39 is 30.1 Å². The van der Waals surface area contributed by atoms with Crippen LogP contribution in [0, 0.1) is 6.92 Å². The number of rotatable bonds is 0. The molecule has 4 rings (SSSR count). The molecule has 0 unspecified atom stereocenters. The van der Waals surface area contributed by atoms with E-state index in [4.69, 9.17) is 9.47 Å². The number of aromatic hydroxyl groups is 1. The second-order valence-corrected chi connectivity index (χ2v) is 6.07. The van der Waals surface area contributed by atoms with Gasteiger partial charge in [-0.3, -0.25) is 14.4 Å².